The van der Waals surface area contributed by atoms with Crippen LogP contribution >= 0.6 is 0 Å². The van der Waals surface area contributed by atoms with E-state index in [0.717, 1.165) is 18.4 Å². The van der Waals surface area contributed by atoms with E-state index in [2.05, 4.69) is 17.1 Å². The third-order valence-electron chi connectivity index (χ3n) is 3.13. The van der Waals surface area contributed by atoms with Crippen molar-refractivity contribution < 1.29 is 8.91 Å². The monoisotopic (exact) mass is 263 g/mol. The molecule has 0 spiro atoms. The minimum Gasteiger partial charge on any atom is -0.339 e. The Morgan fingerprint density at radius 2 is 2.21 bits per heavy atom. The van der Waals surface area contributed by atoms with Gasteiger partial charge in [-0.15, -0.1) is 0 Å². The van der Waals surface area contributed by atoms with Gasteiger partial charge in [0.25, 0.3) is 0 Å². The molecular formula is C14H18FN3O. The standard InChI is InChI=1S/C14H18FN3O/c1-3-4-11(8-16)14-17-13(18-19-14)10-5-6-12(15)9(2)7-10/h5-7,11H,3-4,8,16H2,1-2H3. The number of rotatable bonds is 5. The molecule has 2 rings (SSSR count). The number of benzene rings is 1. The number of aromatic nitrogens is 2. The molecule has 0 bridgehead atoms. The Balaban J connectivity index is 2.27. The second kappa shape index (κ2) is 5.93. The fraction of sp³-hybridized carbons (Fsp3) is 0.429. The lowest BCUT2D eigenvalue weighted by Crippen LogP contribution is -2.12. The van der Waals surface area contributed by atoms with Gasteiger partial charge in [-0.2, -0.15) is 4.98 Å². The summed E-state index contributed by atoms with van der Waals surface area (Å²) < 4.78 is 18.5. The van der Waals surface area contributed by atoms with E-state index in [9.17, 15) is 4.39 Å². The van der Waals surface area contributed by atoms with Crippen molar-refractivity contribution in [1.29, 1.82) is 0 Å². The molecule has 2 N–H and O–H groups in total. The summed E-state index contributed by atoms with van der Waals surface area (Å²) in [6.07, 6.45) is 1.93. The maximum absolute atomic E-state index is 13.2. The number of hydrogen-bond acceptors (Lipinski definition) is 4. The Kier molecular flexibility index (Phi) is 4.27. The lowest BCUT2D eigenvalue weighted by Gasteiger charge is -2.06. The van der Waals surface area contributed by atoms with Crippen molar-refractivity contribution in [1.82, 2.24) is 10.1 Å². The van der Waals surface area contributed by atoms with E-state index in [1.807, 2.05) is 0 Å². The van der Waals surface area contributed by atoms with Crippen LogP contribution in [0.2, 0.25) is 0 Å². The van der Waals surface area contributed by atoms with Crippen LogP contribution in [0.3, 0.4) is 0 Å². The minimum absolute atomic E-state index is 0.0906. The Hall–Kier alpha value is -1.75. The van der Waals surface area contributed by atoms with Crippen LogP contribution in [0.5, 0.6) is 0 Å². The first kappa shape index (κ1) is 13.7. The summed E-state index contributed by atoms with van der Waals surface area (Å²) in [5.74, 6) is 0.889. The molecule has 1 aromatic heterocycles. The van der Waals surface area contributed by atoms with Gasteiger partial charge in [-0.3, -0.25) is 0 Å². The molecule has 0 saturated carbocycles. The predicted octanol–water partition coefficient (Wildman–Crippen LogP) is 3.03. The highest BCUT2D eigenvalue weighted by atomic mass is 19.1. The normalized spacial score (nSPS) is 12.6. The molecule has 1 unspecified atom stereocenters. The summed E-state index contributed by atoms with van der Waals surface area (Å²) in [4.78, 5) is 4.36. The summed E-state index contributed by atoms with van der Waals surface area (Å²) in [6.45, 7) is 4.28. The van der Waals surface area contributed by atoms with E-state index in [-0.39, 0.29) is 11.7 Å². The largest absolute Gasteiger partial charge is 0.339 e. The fourth-order valence-electron chi connectivity index (χ4n) is 1.99. The Morgan fingerprint density at radius 1 is 1.42 bits per heavy atom. The van der Waals surface area contributed by atoms with Crippen LogP contribution in [-0.2, 0) is 0 Å². The van der Waals surface area contributed by atoms with Crippen molar-refractivity contribution in [3.8, 4) is 11.4 Å². The SMILES string of the molecule is CCCC(CN)c1nc(-c2ccc(F)c(C)c2)no1. The summed E-state index contributed by atoms with van der Waals surface area (Å²) in [7, 11) is 0. The van der Waals surface area contributed by atoms with Crippen LogP contribution in [0, 0.1) is 12.7 Å². The highest BCUT2D eigenvalue weighted by molar-refractivity contribution is 5.55. The van der Waals surface area contributed by atoms with Crippen molar-refractivity contribution in [2.45, 2.75) is 32.6 Å². The van der Waals surface area contributed by atoms with E-state index < -0.39 is 0 Å². The van der Waals surface area contributed by atoms with Crippen molar-refractivity contribution in [3.63, 3.8) is 0 Å². The molecule has 1 atom stereocenters. The second-order valence-corrected chi connectivity index (χ2v) is 4.64. The molecule has 0 aliphatic heterocycles. The van der Waals surface area contributed by atoms with Crippen LogP contribution in [0.1, 0.15) is 37.1 Å². The van der Waals surface area contributed by atoms with Crippen LogP contribution in [0.15, 0.2) is 22.7 Å². The van der Waals surface area contributed by atoms with Gasteiger partial charge >= 0.3 is 0 Å². The van der Waals surface area contributed by atoms with Crippen LogP contribution in [0.4, 0.5) is 4.39 Å². The quantitative estimate of drug-likeness (QED) is 0.900. The van der Waals surface area contributed by atoms with Gasteiger partial charge in [0, 0.05) is 12.1 Å². The molecule has 1 aromatic carbocycles. The minimum atomic E-state index is -0.238. The Morgan fingerprint density at radius 3 is 2.84 bits per heavy atom. The smallest absolute Gasteiger partial charge is 0.231 e. The van der Waals surface area contributed by atoms with Gasteiger partial charge in [0.2, 0.25) is 11.7 Å². The first-order valence-electron chi connectivity index (χ1n) is 6.46. The van der Waals surface area contributed by atoms with Crippen molar-refractivity contribution in [3.05, 3.63) is 35.5 Å². The zero-order valence-electron chi connectivity index (χ0n) is 11.2. The van der Waals surface area contributed by atoms with Gasteiger partial charge in [-0.1, -0.05) is 18.5 Å². The molecule has 1 heterocycles. The van der Waals surface area contributed by atoms with E-state index >= 15 is 0 Å². The van der Waals surface area contributed by atoms with Gasteiger partial charge in [0.15, 0.2) is 0 Å². The van der Waals surface area contributed by atoms with Gasteiger partial charge in [-0.05, 0) is 37.1 Å². The summed E-state index contributed by atoms with van der Waals surface area (Å²) in [5.41, 5.74) is 7.02. The van der Waals surface area contributed by atoms with Gasteiger partial charge in [0.05, 0.1) is 5.92 Å². The van der Waals surface area contributed by atoms with Crippen LogP contribution in [0.25, 0.3) is 11.4 Å². The molecule has 0 aliphatic rings. The fourth-order valence-corrected chi connectivity index (χ4v) is 1.99. The molecular weight excluding hydrogens is 245 g/mol. The predicted molar refractivity (Wildman–Crippen MR) is 71.1 cm³/mol. The maximum atomic E-state index is 13.2. The number of aryl methyl sites for hydroxylation is 1. The first-order chi connectivity index (χ1) is 9.15. The van der Waals surface area contributed by atoms with Crippen molar-refractivity contribution in [2.75, 3.05) is 6.54 Å². The highest BCUT2D eigenvalue weighted by Gasteiger charge is 2.17. The Labute approximate surface area is 111 Å². The van der Waals surface area contributed by atoms with Crippen molar-refractivity contribution >= 4 is 0 Å². The summed E-state index contributed by atoms with van der Waals surface area (Å²) in [6, 6.07) is 4.77. The highest BCUT2D eigenvalue weighted by Crippen LogP contribution is 2.23. The van der Waals surface area contributed by atoms with Crippen molar-refractivity contribution in [2.24, 2.45) is 5.73 Å². The van der Waals surface area contributed by atoms with E-state index in [1.54, 1.807) is 19.1 Å². The van der Waals surface area contributed by atoms with E-state index in [4.69, 9.17) is 10.3 Å². The molecule has 0 fully saturated rings. The van der Waals surface area contributed by atoms with Crippen LogP contribution < -0.4 is 5.73 Å². The molecule has 4 nitrogen and oxygen atoms in total. The third kappa shape index (κ3) is 2.98. The lowest BCUT2D eigenvalue weighted by atomic mass is 10.0. The summed E-state index contributed by atoms with van der Waals surface area (Å²) >= 11 is 0. The molecule has 0 radical (unpaired) electrons. The molecule has 0 saturated heterocycles. The van der Waals surface area contributed by atoms with Gasteiger partial charge < -0.3 is 10.3 Å². The Bertz CT molecular complexity index is 553. The second-order valence-electron chi connectivity index (χ2n) is 4.64. The molecule has 2 aromatic rings. The molecule has 5 heteroatoms. The molecule has 0 amide bonds. The molecule has 102 valence electrons. The lowest BCUT2D eigenvalue weighted by molar-refractivity contribution is 0.347. The summed E-state index contributed by atoms with van der Waals surface area (Å²) in [5, 5.41) is 3.94. The molecule has 0 aliphatic carbocycles. The topological polar surface area (TPSA) is 64.9 Å². The van der Waals surface area contributed by atoms with Gasteiger partial charge in [-0.25, -0.2) is 4.39 Å². The van der Waals surface area contributed by atoms with E-state index in [1.165, 1.54) is 6.07 Å². The average molecular weight is 263 g/mol. The third-order valence-corrected chi connectivity index (χ3v) is 3.13. The number of hydrogen-bond donors (Lipinski definition) is 1. The van der Waals surface area contributed by atoms with Gasteiger partial charge in [0.1, 0.15) is 5.82 Å². The average Bonchev–Trinajstić information content (AvgIpc) is 2.88. The maximum Gasteiger partial charge on any atom is 0.231 e. The molecule has 19 heavy (non-hydrogen) atoms. The number of nitrogens with zero attached hydrogens (tertiary/aromatic N) is 2. The van der Waals surface area contributed by atoms with E-state index in [0.29, 0.717) is 23.8 Å². The first-order valence-corrected chi connectivity index (χ1v) is 6.46. The zero-order valence-corrected chi connectivity index (χ0v) is 11.2. The number of nitrogens with two attached hydrogens (primary N) is 1. The van der Waals surface area contributed by atoms with Crippen LogP contribution in [-0.4, -0.2) is 16.7 Å². The zero-order chi connectivity index (χ0) is 13.8. The number of halogens is 1.